The van der Waals surface area contributed by atoms with Gasteiger partial charge in [-0.1, -0.05) is 31.5 Å². The summed E-state index contributed by atoms with van der Waals surface area (Å²) in [4.78, 5) is 17.4. The van der Waals surface area contributed by atoms with E-state index in [0.29, 0.717) is 29.1 Å². The molecule has 0 bridgehead atoms. The lowest BCUT2D eigenvalue weighted by Crippen LogP contribution is -2.04. The van der Waals surface area contributed by atoms with Crippen LogP contribution in [0.5, 0.6) is 5.75 Å². The molecule has 0 amide bonds. The van der Waals surface area contributed by atoms with Crippen molar-refractivity contribution in [2.24, 2.45) is 0 Å². The van der Waals surface area contributed by atoms with Gasteiger partial charge >= 0.3 is 0 Å². The van der Waals surface area contributed by atoms with Crippen LogP contribution < -0.4 is 4.74 Å². The molecule has 0 aliphatic heterocycles. The fourth-order valence-corrected chi connectivity index (χ4v) is 3.23. The Balaban J connectivity index is 1.70. The number of hydrogen-bond donors (Lipinski definition) is 0. The van der Waals surface area contributed by atoms with E-state index in [0.717, 1.165) is 29.5 Å². The summed E-state index contributed by atoms with van der Waals surface area (Å²) < 4.78 is 16.9. The molecule has 142 valence electrons. The summed E-state index contributed by atoms with van der Waals surface area (Å²) in [6.07, 6.45) is 4.25. The summed E-state index contributed by atoms with van der Waals surface area (Å²) in [5, 5.41) is 0.794. The fourth-order valence-electron chi connectivity index (χ4n) is 3.23. The van der Waals surface area contributed by atoms with E-state index in [9.17, 15) is 4.79 Å². The van der Waals surface area contributed by atoms with Crippen LogP contribution in [0.1, 0.15) is 41.8 Å². The van der Waals surface area contributed by atoms with E-state index in [1.54, 1.807) is 13.3 Å². The van der Waals surface area contributed by atoms with Crippen molar-refractivity contribution in [1.82, 2.24) is 4.98 Å². The predicted octanol–water partition coefficient (Wildman–Crippen LogP) is 5.67. The smallest absolute Gasteiger partial charge is 0.268 e. The molecule has 0 aliphatic rings. The Morgan fingerprint density at radius 3 is 2.61 bits per heavy atom. The Hall–Kier alpha value is -3.34. The largest absolute Gasteiger partial charge is 0.497 e. The number of benzene rings is 2. The highest BCUT2D eigenvalue weighted by Gasteiger charge is 2.25. The van der Waals surface area contributed by atoms with Crippen molar-refractivity contribution in [2.75, 3.05) is 7.11 Å². The highest BCUT2D eigenvalue weighted by atomic mass is 16.5. The number of aromatic nitrogens is 1. The highest BCUT2D eigenvalue weighted by Crippen LogP contribution is 2.30. The number of nitrogens with zero attached hydrogens (tertiary/aromatic N) is 1. The Kier molecular flexibility index (Phi) is 4.98. The summed E-state index contributed by atoms with van der Waals surface area (Å²) in [7, 11) is 1.62. The zero-order valence-electron chi connectivity index (χ0n) is 15.9. The number of carbonyl (C=O) groups is 1. The first-order chi connectivity index (χ1) is 13.7. The third kappa shape index (κ3) is 3.31. The number of fused-ring (bicyclic) bond motifs is 1. The van der Waals surface area contributed by atoms with Gasteiger partial charge in [0.15, 0.2) is 5.76 Å². The molecule has 5 nitrogen and oxygen atoms in total. The van der Waals surface area contributed by atoms with Crippen molar-refractivity contribution < 1.29 is 18.4 Å². The van der Waals surface area contributed by atoms with E-state index in [4.69, 9.17) is 13.6 Å². The number of ether oxygens (including phenoxy) is 1. The van der Waals surface area contributed by atoms with E-state index in [1.807, 2.05) is 48.5 Å². The summed E-state index contributed by atoms with van der Waals surface area (Å²) in [6, 6.07) is 15.0. The van der Waals surface area contributed by atoms with Crippen LogP contribution in [0.2, 0.25) is 0 Å². The molecule has 28 heavy (non-hydrogen) atoms. The van der Waals surface area contributed by atoms with Crippen LogP contribution in [0, 0.1) is 0 Å². The number of oxazole rings is 1. The molecule has 0 radical (unpaired) electrons. The molecule has 0 saturated heterocycles. The van der Waals surface area contributed by atoms with Gasteiger partial charge < -0.3 is 13.6 Å². The topological polar surface area (TPSA) is 65.5 Å². The van der Waals surface area contributed by atoms with Gasteiger partial charge in [0, 0.05) is 17.4 Å². The first-order valence-corrected chi connectivity index (χ1v) is 9.36. The Morgan fingerprint density at radius 1 is 1.07 bits per heavy atom. The van der Waals surface area contributed by atoms with Crippen LogP contribution in [0.15, 0.2) is 63.6 Å². The molecule has 0 saturated carbocycles. The van der Waals surface area contributed by atoms with Gasteiger partial charge in [0.05, 0.1) is 18.9 Å². The molecule has 0 atom stereocenters. The number of furan rings is 1. The molecule has 4 aromatic rings. The SMILES string of the molecule is CCCCc1oc2ccccc2c1C(=O)c1ncc(-c2ccc(OC)cc2)o1. The van der Waals surface area contributed by atoms with Crippen molar-refractivity contribution in [1.29, 1.82) is 0 Å². The van der Waals surface area contributed by atoms with E-state index in [-0.39, 0.29) is 11.7 Å². The van der Waals surface area contributed by atoms with Gasteiger partial charge in [0.25, 0.3) is 11.7 Å². The maximum absolute atomic E-state index is 13.2. The van der Waals surface area contributed by atoms with Crippen LogP contribution in [-0.4, -0.2) is 17.9 Å². The van der Waals surface area contributed by atoms with Gasteiger partial charge in [-0.2, -0.15) is 0 Å². The number of unbranched alkanes of at least 4 members (excludes halogenated alkanes) is 1. The molecular weight excluding hydrogens is 354 g/mol. The molecule has 2 aromatic carbocycles. The quantitative estimate of drug-likeness (QED) is 0.389. The summed E-state index contributed by atoms with van der Waals surface area (Å²) in [6.45, 7) is 2.11. The van der Waals surface area contributed by atoms with Crippen LogP contribution in [-0.2, 0) is 6.42 Å². The van der Waals surface area contributed by atoms with Crippen LogP contribution >= 0.6 is 0 Å². The van der Waals surface area contributed by atoms with Crippen molar-refractivity contribution in [3.63, 3.8) is 0 Å². The molecule has 2 heterocycles. The number of methoxy groups -OCH3 is 1. The Labute approximate surface area is 163 Å². The maximum atomic E-state index is 13.2. The Morgan fingerprint density at radius 2 is 1.86 bits per heavy atom. The van der Waals surface area contributed by atoms with Crippen LogP contribution in [0.4, 0.5) is 0 Å². The molecular formula is C23H21NO4. The highest BCUT2D eigenvalue weighted by molar-refractivity contribution is 6.14. The van der Waals surface area contributed by atoms with Gasteiger partial charge in [-0.05, 0) is 36.8 Å². The van der Waals surface area contributed by atoms with E-state index >= 15 is 0 Å². The maximum Gasteiger partial charge on any atom is 0.268 e. The van der Waals surface area contributed by atoms with Gasteiger partial charge in [0.2, 0.25) is 0 Å². The number of para-hydroxylation sites is 1. The monoisotopic (exact) mass is 375 g/mol. The molecule has 0 unspecified atom stereocenters. The zero-order chi connectivity index (χ0) is 19.5. The second-order valence-electron chi connectivity index (χ2n) is 6.59. The fraction of sp³-hybridized carbons (Fsp3) is 0.217. The number of hydrogen-bond acceptors (Lipinski definition) is 5. The first kappa shape index (κ1) is 18.0. The minimum Gasteiger partial charge on any atom is -0.497 e. The molecule has 4 rings (SSSR count). The molecule has 0 spiro atoms. The number of ketones is 1. The molecule has 0 N–H and O–H groups in total. The Bertz CT molecular complexity index is 1110. The zero-order valence-corrected chi connectivity index (χ0v) is 15.9. The molecule has 2 aromatic heterocycles. The average Bonchev–Trinajstić information content (AvgIpc) is 3.37. The van der Waals surface area contributed by atoms with E-state index < -0.39 is 0 Å². The summed E-state index contributed by atoms with van der Waals surface area (Å²) in [5.74, 6) is 1.79. The van der Waals surface area contributed by atoms with Crippen molar-refractivity contribution in [3.05, 3.63) is 71.9 Å². The normalized spacial score (nSPS) is 11.1. The van der Waals surface area contributed by atoms with Gasteiger partial charge in [0.1, 0.15) is 17.1 Å². The summed E-state index contributed by atoms with van der Waals surface area (Å²) >= 11 is 0. The third-order valence-electron chi connectivity index (χ3n) is 4.73. The lowest BCUT2D eigenvalue weighted by Gasteiger charge is -2.01. The van der Waals surface area contributed by atoms with Crippen LogP contribution in [0.25, 0.3) is 22.3 Å². The van der Waals surface area contributed by atoms with Gasteiger partial charge in [-0.3, -0.25) is 4.79 Å². The van der Waals surface area contributed by atoms with E-state index in [1.165, 1.54) is 0 Å². The minimum absolute atomic E-state index is 0.0649. The molecule has 5 heteroatoms. The van der Waals surface area contributed by atoms with Crippen molar-refractivity contribution in [3.8, 4) is 17.1 Å². The van der Waals surface area contributed by atoms with Crippen molar-refractivity contribution >= 4 is 16.8 Å². The number of rotatable bonds is 7. The first-order valence-electron chi connectivity index (χ1n) is 9.36. The summed E-state index contributed by atoms with van der Waals surface area (Å²) in [5.41, 5.74) is 2.08. The van der Waals surface area contributed by atoms with Gasteiger partial charge in [-0.15, -0.1) is 0 Å². The lowest BCUT2D eigenvalue weighted by atomic mass is 10.0. The van der Waals surface area contributed by atoms with Crippen LogP contribution in [0.3, 0.4) is 0 Å². The lowest BCUT2D eigenvalue weighted by molar-refractivity contribution is 0.100. The predicted molar refractivity (Wildman–Crippen MR) is 107 cm³/mol. The molecule has 0 aliphatic carbocycles. The van der Waals surface area contributed by atoms with Gasteiger partial charge in [-0.25, -0.2) is 4.98 Å². The van der Waals surface area contributed by atoms with Crippen molar-refractivity contribution in [2.45, 2.75) is 26.2 Å². The van der Waals surface area contributed by atoms with E-state index in [2.05, 4.69) is 11.9 Å². The number of aryl methyl sites for hydroxylation is 1. The third-order valence-corrected chi connectivity index (χ3v) is 4.73. The average molecular weight is 375 g/mol. The second-order valence-corrected chi connectivity index (χ2v) is 6.59. The minimum atomic E-state index is -0.254. The molecule has 0 fully saturated rings. The second kappa shape index (κ2) is 7.72. The standard InChI is InChI=1S/C23H21NO4/c1-3-4-8-19-21(17-7-5-6-9-18(17)27-19)22(25)23-24-14-20(28-23)15-10-12-16(26-2)13-11-15/h5-7,9-14H,3-4,8H2,1-2H3. The number of carbonyl (C=O) groups excluding carboxylic acids is 1.